The number of hydrogen-bond donors (Lipinski definition) is 1. The number of benzene rings is 2. The van der Waals surface area contributed by atoms with E-state index in [2.05, 4.69) is 30.9 Å². The summed E-state index contributed by atoms with van der Waals surface area (Å²) >= 11 is 0. The van der Waals surface area contributed by atoms with Gasteiger partial charge >= 0.3 is 0 Å². The molecule has 1 N–H and O–H groups in total. The largest absolute Gasteiger partial charge is 0.439 e. The van der Waals surface area contributed by atoms with Crippen LogP contribution in [0.15, 0.2) is 60.7 Å². The molecule has 0 radical (unpaired) electrons. The Balaban J connectivity index is 1.61. The highest BCUT2D eigenvalue weighted by Gasteiger charge is 2.26. The predicted molar refractivity (Wildman–Crippen MR) is 141 cm³/mol. The zero-order valence-corrected chi connectivity index (χ0v) is 21.7. The third-order valence-corrected chi connectivity index (χ3v) is 6.19. The fraction of sp³-hybridized carbons (Fsp3) is 0.483. The lowest BCUT2D eigenvalue weighted by Gasteiger charge is -2.28. The summed E-state index contributed by atoms with van der Waals surface area (Å²) < 4.78 is 19.9. The molecule has 7 heteroatoms. The predicted octanol–water partition coefficient (Wildman–Crippen LogP) is 4.89. The van der Waals surface area contributed by atoms with Crippen molar-refractivity contribution in [3.63, 3.8) is 0 Å². The average Bonchev–Trinajstić information content (AvgIpc) is 3.48. The molecule has 0 unspecified atom stereocenters. The SMILES string of the molecule is CC(C)COC[C@H](O)CN(Cc1c(-c2ccccc2)nn(C)c1Oc1ccccc1)C[C@@H]1CCCO1. The fourth-order valence-electron chi connectivity index (χ4n) is 4.54. The van der Waals surface area contributed by atoms with Crippen LogP contribution >= 0.6 is 0 Å². The molecule has 0 spiro atoms. The van der Waals surface area contributed by atoms with Gasteiger partial charge in [-0.25, -0.2) is 4.68 Å². The molecular weight excluding hydrogens is 454 g/mol. The number of aromatic nitrogens is 2. The summed E-state index contributed by atoms with van der Waals surface area (Å²) in [5.74, 6) is 1.89. The molecule has 1 aromatic heterocycles. The van der Waals surface area contributed by atoms with Crippen LogP contribution in [0.5, 0.6) is 11.6 Å². The van der Waals surface area contributed by atoms with Gasteiger partial charge in [0.25, 0.3) is 0 Å². The second kappa shape index (κ2) is 13.0. The highest BCUT2D eigenvalue weighted by Crippen LogP contribution is 2.34. The zero-order valence-electron chi connectivity index (χ0n) is 21.7. The second-order valence-corrected chi connectivity index (χ2v) is 9.95. The van der Waals surface area contributed by atoms with Gasteiger partial charge in [0.1, 0.15) is 11.4 Å². The minimum atomic E-state index is -0.597. The van der Waals surface area contributed by atoms with Gasteiger partial charge in [0.05, 0.1) is 24.4 Å². The normalized spacial score (nSPS) is 16.7. The van der Waals surface area contributed by atoms with Crippen LogP contribution in [-0.4, -0.2) is 64.9 Å². The maximum atomic E-state index is 10.8. The summed E-state index contributed by atoms with van der Waals surface area (Å²) in [4.78, 5) is 2.25. The Labute approximate surface area is 214 Å². The van der Waals surface area contributed by atoms with Crippen molar-refractivity contribution in [2.75, 3.05) is 32.9 Å². The van der Waals surface area contributed by atoms with Crippen molar-refractivity contribution in [2.45, 2.75) is 45.4 Å². The van der Waals surface area contributed by atoms with Gasteiger partial charge in [0.2, 0.25) is 5.88 Å². The molecular formula is C29H39N3O4. The third kappa shape index (κ3) is 7.40. The van der Waals surface area contributed by atoms with Crippen LogP contribution in [0.4, 0.5) is 0 Å². The van der Waals surface area contributed by atoms with Crippen molar-refractivity contribution >= 4 is 0 Å². The zero-order chi connectivity index (χ0) is 25.3. The van der Waals surface area contributed by atoms with Crippen LogP contribution in [0.3, 0.4) is 0 Å². The van der Waals surface area contributed by atoms with Crippen molar-refractivity contribution in [1.29, 1.82) is 0 Å². The molecule has 0 saturated carbocycles. The number of hydrogen-bond acceptors (Lipinski definition) is 6. The first-order chi connectivity index (χ1) is 17.5. The Bertz CT molecular complexity index is 1050. The maximum absolute atomic E-state index is 10.8. The van der Waals surface area contributed by atoms with Gasteiger partial charge in [-0.15, -0.1) is 0 Å². The van der Waals surface area contributed by atoms with Crippen molar-refractivity contribution < 1.29 is 19.3 Å². The highest BCUT2D eigenvalue weighted by molar-refractivity contribution is 5.65. The minimum absolute atomic E-state index is 0.157. The summed E-state index contributed by atoms with van der Waals surface area (Å²) in [5, 5.41) is 15.7. The van der Waals surface area contributed by atoms with E-state index < -0.39 is 6.10 Å². The van der Waals surface area contributed by atoms with Crippen molar-refractivity contribution in [3.05, 3.63) is 66.2 Å². The highest BCUT2D eigenvalue weighted by atomic mass is 16.5. The number of rotatable bonds is 13. The first-order valence-corrected chi connectivity index (χ1v) is 12.9. The number of aryl methyl sites for hydroxylation is 1. The van der Waals surface area contributed by atoms with Crippen LogP contribution < -0.4 is 4.74 Å². The Kier molecular flexibility index (Phi) is 9.53. The Morgan fingerprint density at radius 3 is 2.47 bits per heavy atom. The first kappa shape index (κ1) is 26.4. The van der Waals surface area contributed by atoms with Crippen LogP contribution in [0.2, 0.25) is 0 Å². The number of nitrogens with zero attached hydrogens (tertiary/aromatic N) is 3. The van der Waals surface area contributed by atoms with Crippen LogP contribution in [0.1, 0.15) is 32.3 Å². The lowest BCUT2D eigenvalue weighted by Crippen LogP contribution is -2.39. The molecule has 36 heavy (non-hydrogen) atoms. The van der Waals surface area contributed by atoms with E-state index in [1.165, 1.54) is 0 Å². The van der Waals surface area contributed by atoms with E-state index in [1.54, 1.807) is 4.68 Å². The van der Waals surface area contributed by atoms with Crippen LogP contribution in [0.25, 0.3) is 11.3 Å². The Morgan fingerprint density at radius 1 is 1.08 bits per heavy atom. The third-order valence-electron chi connectivity index (χ3n) is 6.19. The Hall–Kier alpha value is -2.71. The van der Waals surface area contributed by atoms with E-state index in [0.717, 1.165) is 48.6 Å². The average molecular weight is 494 g/mol. The standard InChI is InChI=1S/C29H39N3O4/c1-22(2)20-34-21-24(33)17-32(18-26-15-10-16-35-26)19-27-28(23-11-6-4-7-12-23)30-31(3)29(27)36-25-13-8-5-9-14-25/h4-9,11-14,22,24,26,33H,10,15-21H2,1-3H3/t24-,26+/m1/s1. The molecule has 4 rings (SSSR count). The maximum Gasteiger partial charge on any atom is 0.222 e. The number of aliphatic hydroxyl groups excluding tert-OH is 1. The minimum Gasteiger partial charge on any atom is -0.439 e. The molecule has 0 bridgehead atoms. The molecule has 0 aliphatic carbocycles. The summed E-state index contributed by atoms with van der Waals surface area (Å²) in [6.45, 7) is 7.74. The molecule has 194 valence electrons. The van der Waals surface area contributed by atoms with E-state index in [9.17, 15) is 5.11 Å². The fourth-order valence-corrected chi connectivity index (χ4v) is 4.54. The van der Waals surface area contributed by atoms with Crippen molar-refractivity contribution in [3.8, 4) is 22.9 Å². The molecule has 2 atom stereocenters. The molecule has 3 aromatic rings. The summed E-state index contributed by atoms with van der Waals surface area (Å²) in [6, 6.07) is 20.0. The number of aliphatic hydroxyl groups is 1. The van der Waals surface area contributed by atoms with Gasteiger partial charge in [-0.1, -0.05) is 62.4 Å². The van der Waals surface area contributed by atoms with Gasteiger partial charge in [-0.2, -0.15) is 5.10 Å². The number of ether oxygens (including phenoxy) is 3. The summed E-state index contributed by atoms with van der Waals surface area (Å²) in [5.41, 5.74) is 2.90. The monoisotopic (exact) mass is 493 g/mol. The smallest absolute Gasteiger partial charge is 0.222 e. The topological polar surface area (TPSA) is 69.0 Å². The molecule has 1 saturated heterocycles. The van der Waals surface area contributed by atoms with E-state index >= 15 is 0 Å². The summed E-state index contributed by atoms with van der Waals surface area (Å²) in [7, 11) is 1.91. The molecule has 1 aliphatic rings. The molecule has 1 aliphatic heterocycles. The van der Waals surface area contributed by atoms with E-state index in [0.29, 0.717) is 38.1 Å². The van der Waals surface area contributed by atoms with Crippen LogP contribution in [-0.2, 0) is 23.1 Å². The molecule has 2 heterocycles. The second-order valence-electron chi connectivity index (χ2n) is 9.95. The lowest BCUT2D eigenvalue weighted by molar-refractivity contribution is -0.00399. The van der Waals surface area contributed by atoms with E-state index in [4.69, 9.17) is 19.3 Å². The van der Waals surface area contributed by atoms with Gasteiger partial charge in [0.15, 0.2) is 0 Å². The quantitative estimate of drug-likeness (QED) is 0.366. The van der Waals surface area contributed by atoms with Crippen molar-refractivity contribution in [1.82, 2.24) is 14.7 Å². The van der Waals surface area contributed by atoms with Gasteiger partial charge in [-0.3, -0.25) is 4.90 Å². The number of para-hydroxylation sites is 1. The van der Waals surface area contributed by atoms with Crippen LogP contribution in [0, 0.1) is 5.92 Å². The Morgan fingerprint density at radius 2 is 1.81 bits per heavy atom. The van der Waals surface area contributed by atoms with Gasteiger partial charge in [0, 0.05) is 45.5 Å². The van der Waals surface area contributed by atoms with Crippen molar-refractivity contribution in [2.24, 2.45) is 13.0 Å². The summed E-state index contributed by atoms with van der Waals surface area (Å²) in [6.07, 6.45) is 1.66. The molecule has 1 fully saturated rings. The van der Waals surface area contributed by atoms with E-state index in [-0.39, 0.29) is 6.10 Å². The molecule has 7 nitrogen and oxygen atoms in total. The molecule has 2 aromatic carbocycles. The van der Waals surface area contributed by atoms with Gasteiger partial charge in [-0.05, 0) is 30.9 Å². The first-order valence-electron chi connectivity index (χ1n) is 12.9. The van der Waals surface area contributed by atoms with Gasteiger partial charge < -0.3 is 19.3 Å². The lowest BCUT2D eigenvalue weighted by atomic mass is 10.1. The van der Waals surface area contributed by atoms with E-state index in [1.807, 2.05) is 55.6 Å². The molecule has 0 amide bonds.